The van der Waals surface area contributed by atoms with Gasteiger partial charge in [-0.25, -0.2) is 9.78 Å². The van der Waals surface area contributed by atoms with Crippen molar-refractivity contribution < 1.29 is 14.6 Å². The number of aromatic carboxylic acids is 1. The highest BCUT2D eigenvalue weighted by Gasteiger charge is 2.07. The van der Waals surface area contributed by atoms with E-state index in [9.17, 15) is 4.79 Å². The molecule has 0 aliphatic rings. The maximum absolute atomic E-state index is 10.8. The molecule has 17 heavy (non-hydrogen) atoms. The average Bonchev–Trinajstić information content (AvgIpc) is 2.23. The Hall–Kier alpha value is -1.33. The van der Waals surface area contributed by atoms with Crippen molar-refractivity contribution in [3.8, 4) is 0 Å². The summed E-state index contributed by atoms with van der Waals surface area (Å²) in [7, 11) is 0. The molecule has 0 spiro atoms. The van der Waals surface area contributed by atoms with Crippen LogP contribution in [0.4, 0.5) is 5.82 Å². The molecule has 0 bridgehead atoms. The van der Waals surface area contributed by atoms with Gasteiger partial charge in [0.1, 0.15) is 11.0 Å². The van der Waals surface area contributed by atoms with Crippen LogP contribution in [-0.4, -0.2) is 35.3 Å². The molecule has 0 saturated heterocycles. The van der Waals surface area contributed by atoms with E-state index >= 15 is 0 Å². The van der Waals surface area contributed by atoms with E-state index in [1.54, 1.807) is 0 Å². The molecule has 0 atom stereocenters. The lowest BCUT2D eigenvalue weighted by Gasteiger charge is -2.09. The first-order chi connectivity index (χ1) is 7.99. The third kappa shape index (κ3) is 5.01. The van der Waals surface area contributed by atoms with Crippen LogP contribution >= 0.6 is 11.6 Å². The summed E-state index contributed by atoms with van der Waals surface area (Å²) in [5.41, 5.74) is 0.109. The van der Waals surface area contributed by atoms with Gasteiger partial charge in [0.15, 0.2) is 0 Å². The highest BCUT2D eigenvalue weighted by atomic mass is 35.5. The normalized spacial score (nSPS) is 10.6. The van der Waals surface area contributed by atoms with Gasteiger partial charge in [0.2, 0.25) is 0 Å². The first-order valence-electron chi connectivity index (χ1n) is 5.25. The van der Waals surface area contributed by atoms with Gasteiger partial charge in [-0.2, -0.15) is 0 Å². The van der Waals surface area contributed by atoms with Gasteiger partial charge >= 0.3 is 5.97 Å². The molecule has 2 N–H and O–H groups in total. The number of carboxylic acids is 1. The number of anilines is 1. The summed E-state index contributed by atoms with van der Waals surface area (Å²) in [6.45, 7) is 4.96. The molecule has 6 heteroatoms. The summed E-state index contributed by atoms with van der Waals surface area (Å²) in [5, 5.41) is 11.9. The quantitative estimate of drug-likeness (QED) is 0.605. The van der Waals surface area contributed by atoms with E-state index < -0.39 is 5.97 Å². The Balaban J connectivity index is 2.56. The second-order valence-corrected chi connectivity index (χ2v) is 4.10. The largest absolute Gasteiger partial charge is 0.478 e. The minimum Gasteiger partial charge on any atom is -0.478 e. The van der Waals surface area contributed by atoms with Gasteiger partial charge in [-0.3, -0.25) is 0 Å². The molecular weight excluding hydrogens is 244 g/mol. The van der Waals surface area contributed by atoms with E-state index in [0.29, 0.717) is 19.0 Å². The summed E-state index contributed by atoms with van der Waals surface area (Å²) in [4.78, 5) is 14.8. The van der Waals surface area contributed by atoms with Crippen molar-refractivity contribution in [2.75, 3.05) is 18.5 Å². The Morgan fingerprint density at radius 1 is 1.59 bits per heavy atom. The number of hydrogen-bond acceptors (Lipinski definition) is 4. The molecule has 1 aromatic heterocycles. The van der Waals surface area contributed by atoms with Crippen LogP contribution in [0.5, 0.6) is 0 Å². The molecule has 0 radical (unpaired) electrons. The van der Waals surface area contributed by atoms with Crippen LogP contribution in [0.1, 0.15) is 24.2 Å². The van der Waals surface area contributed by atoms with Crippen molar-refractivity contribution in [3.05, 3.63) is 22.8 Å². The Kier molecular flexibility index (Phi) is 5.18. The van der Waals surface area contributed by atoms with Crippen LogP contribution in [0.15, 0.2) is 12.1 Å². The van der Waals surface area contributed by atoms with Crippen LogP contribution < -0.4 is 5.32 Å². The number of aromatic nitrogens is 1. The van der Waals surface area contributed by atoms with Crippen molar-refractivity contribution in [1.29, 1.82) is 0 Å². The predicted molar refractivity (Wildman–Crippen MR) is 65.8 cm³/mol. The third-order valence-electron chi connectivity index (χ3n) is 1.90. The fourth-order valence-electron chi connectivity index (χ4n) is 1.18. The van der Waals surface area contributed by atoms with Gasteiger partial charge in [-0.1, -0.05) is 11.6 Å². The molecule has 0 aromatic carbocycles. The maximum Gasteiger partial charge on any atom is 0.335 e. The van der Waals surface area contributed by atoms with E-state index in [-0.39, 0.29) is 16.8 Å². The van der Waals surface area contributed by atoms with E-state index in [0.717, 1.165) is 0 Å². The fraction of sp³-hybridized carbons (Fsp3) is 0.455. The van der Waals surface area contributed by atoms with Crippen molar-refractivity contribution in [2.45, 2.75) is 20.0 Å². The van der Waals surface area contributed by atoms with Gasteiger partial charge in [0, 0.05) is 6.54 Å². The Labute approximate surface area is 105 Å². The van der Waals surface area contributed by atoms with E-state index in [4.69, 9.17) is 21.4 Å². The zero-order valence-electron chi connectivity index (χ0n) is 9.74. The first-order valence-corrected chi connectivity index (χ1v) is 5.63. The fourth-order valence-corrected chi connectivity index (χ4v) is 1.39. The molecule has 1 heterocycles. The lowest BCUT2D eigenvalue weighted by Crippen LogP contribution is -2.14. The maximum atomic E-state index is 10.8. The molecule has 0 saturated carbocycles. The first kappa shape index (κ1) is 13.7. The molecule has 94 valence electrons. The Morgan fingerprint density at radius 3 is 2.88 bits per heavy atom. The lowest BCUT2D eigenvalue weighted by molar-refractivity contribution is 0.0697. The summed E-state index contributed by atoms with van der Waals surface area (Å²) in [5.74, 6) is -0.599. The van der Waals surface area contributed by atoms with E-state index in [1.807, 2.05) is 13.8 Å². The monoisotopic (exact) mass is 258 g/mol. The van der Waals surface area contributed by atoms with Crippen LogP contribution in [0.3, 0.4) is 0 Å². The molecule has 1 rings (SSSR count). The number of nitrogens with one attached hydrogen (secondary N) is 1. The number of rotatable bonds is 6. The number of hydrogen-bond donors (Lipinski definition) is 2. The lowest BCUT2D eigenvalue weighted by atomic mass is 10.2. The van der Waals surface area contributed by atoms with Gasteiger partial charge in [-0.15, -0.1) is 0 Å². The number of pyridine rings is 1. The number of ether oxygens (including phenoxy) is 1. The van der Waals surface area contributed by atoms with Gasteiger partial charge in [0.25, 0.3) is 0 Å². The molecule has 1 aromatic rings. The van der Waals surface area contributed by atoms with Crippen molar-refractivity contribution in [3.63, 3.8) is 0 Å². The molecule has 0 aliphatic heterocycles. The molecule has 0 amide bonds. The highest BCUT2D eigenvalue weighted by molar-refractivity contribution is 6.29. The number of halogens is 1. The van der Waals surface area contributed by atoms with Crippen LogP contribution in [0, 0.1) is 0 Å². The Morgan fingerprint density at radius 2 is 2.29 bits per heavy atom. The number of carboxylic acid groups (broad SMARTS) is 1. The number of nitrogens with zero attached hydrogens (tertiary/aromatic N) is 1. The van der Waals surface area contributed by atoms with Crippen molar-refractivity contribution >= 4 is 23.4 Å². The highest BCUT2D eigenvalue weighted by Crippen LogP contribution is 2.14. The van der Waals surface area contributed by atoms with Crippen molar-refractivity contribution in [1.82, 2.24) is 4.98 Å². The summed E-state index contributed by atoms with van der Waals surface area (Å²) >= 11 is 5.71. The molecule has 5 nitrogen and oxygen atoms in total. The van der Waals surface area contributed by atoms with Crippen LogP contribution in [0.25, 0.3) is 0 Å². The zero-order chi connectivity index (χ0) is 12.8. The van der Waals surface area contributed by atoms with Gasteiger partial charge < -0.3 is 15.2 Å². The van der Waals surface area contributed by atoms with Gasteiger partial charge in [0.05, 0.1) is 18.3 Å². The minimum atomic E-state index is -1.03. The summed E-state index contributed by atoms with van der Waals surface area (Å²) in [6.07, 6.45) is 0.165. The average molecular weight is 259 g/mol. The standard InChI is InChI=1S/C11H15ClN2O3/c1-7(2)17-4-3-13-10-6-8(11(15)16)5-9(12)14-10/h5-7H,3-4H2,1-2H3,(H,13,14)(H,15,16). The van der Waals surface area contributed by atoms with Crippen LogP contribution in [-0.2, 0) is 4.74 Å². The third-order valence-corrected chi connectivity index (χ3v) is 2.09. The minimum absolute atomic E-state index is 0.109. The summed E-state index contributed by atoms with van der Waals surface area (Å²) < 4.78 is 5.33. The second-order valence-electron chi connectivity index (χ2n) is 3.72. The smallest absolute Gasteiger partial charge is 0.335 e. The zero-order valence-corrected chi connectivity index (χ0v) is 10.5. The molecule has 0 aliphatic carbocycles. The van der Waals surface area contributed by atoms with Crippen molar-refractivity contribution in [2.24, 2.45) is 0 Å². The molecular formula is C11H15ClN2O3. The second kappa shape index (κ2) is 6.42. The van der Waals surface area contributed by atoms with Crippen LogP contribution in [0.2, 0.25) is 5.15 Å². The van der Waals surface area contributed by atoms with E-state index in [1.165, 1.54) is 12.1 Å². The van der Waals surface area contributed by atoms with Gasteiger partial charge in [-0.05, 0) is 26.0 Å². The molecule has 0 fully saturated rings. The number of carbonyl (C=O) groups is 1. The molecule has 0 unspecified atom stereocenters. The topological polar surface area (TPSA) is 71.5 Å². The SMILES string of the molecule is CC(C)OCCNc1cc(C(=O)O)cc(Cl)n1. The predicted octanol–water partition coefficient (Wildman–Crippen LogP) is 2.27. The van der Waals surface area contributed by atoms with E-state index in [2.05, 4.69) is 10.3 Å². The summed E-state index contributed by atoms with van der Waals surface area (Å²) in [6, 6.07) is 2.74. The Bertz CT molecular complexity index is 396.